The average molecular weight is 574 g/mol. The molecule has 0 aliphatic heterocycles. The lowest BCUT2D eigenvalue weighted by Crippen LogP contribution is -2.04. The van der Waals surface area contributed by atoms with Crippen LogP contribution in [0.5, 0.6) is 0 Å². The lowest BCUT2D eigenvalue weighted by atomic mass is 9.96. The van der Waals surface area contributed by atoms with Crippen LogP contribution >= 0.6 is 23.2 Å². The number of hydrogen-bond donors (Lipinski definition) is 0. The van der Waals surface area contributed by atoms with Gasteiger partial charge in [0, 0.05) is 43.9 Å². The fourth-order valence-electron chi connectivity index (χ4n) is 5.09. The van der Waals surface area contributed by atoms with Crippen LogP contribution in [0.3, 0.4) is 0 Å². The Labute approximate surface area is 245 Å². The van der Waals surface area contributed by atoms with E-state index in [1.165, 1.54) is 0 Å². The molecular weight excluding hydrogens is 553 g/mol. The maximum Gasteiger partial charge on any atom is 0.346 e. The second-order valence-corrected chi connectivity index (χ2v) is 10.7. The summed E-state index contributed by atoms with van der Waals surface area (Å²) in [6, 6.07) is 32.6. The van der Waals surface area contributed by atoms with Gasteiger partial charge >= 0.3 is 5.63 Å². The number of fused-ring (bicyclic) bond motifs is 3. The molecule has 0 amide bonds. The van der Waals surface area contributed by atoms with Crippen molar-refractivity contribution in [2.24, 2.45) is 0 Å². The largest absolute Gasteiger partial charge is 0.422 e. The van der Waals surface area contributed by atoms with Gasteiger partial charge in [-0.2, -0.15) is 5.10 Å². The normalized spacial score (nSPS) is 11.4. The van der Waals surface area contributed by atoms with E-state index in [1.807, 2.05) is 121 Å². The molecule has 0 atom stereocenters. The fourth-order valence-corrected chi connectivity index (χ4v) is 5.35. The minimum atomic E-state index is -0.460. The molecule has 0 N–H and O–H groups in total. The number of halogens is 2. The molecule has 0 aliphatic rings. The second kappa shape index (κ2) is 10.0. The minimum Gasteiger partial charge on any atom is -0.422 e. The van der Waals surface area contributed by atoms with E-state index in [0.29, 0.717) is 43.5 Å². The molecule has 0 spiro atoms. The first-order valence-corrected chi connectivity index (χ1v) is 13.8. The Balaban J connectivity index is 1.60. The molecule has 41 heavy (non-hydrogen) atoms. The van der Waals surface area contributed by atoms with Crippen LogP contribution in [0.1, 0.15) is 5.56 Å². The molecule has 0 saturated carbocycles. The molecule has 3 aromatic heterocycles. The van der Waals surface area contributed by atoms with Crippen LogP contribution in [0.2, 0.25) is 10.0 Å². The Kier molecular flexibility index (Phi) is 6.19. The molecule has 7 aromatic rings. The Morgan fingerprint density at radius 3 is 2.15 bits per heavy atom. The zero-order valence-corrected chi connectivity index (χ0v) is 23.3. The molecule has 4 aromatic carbocycles. The van der Waals surface area contributed by atoms with E-state index in [2.05, 4.69) is 0 Å². The SMILES string of the molecule is Cc1ccc2c(c1)oc(=O)c1c(-c3cn(-c4ccccc4)nc3-c3ccc(Cl)cc3)cc(-c3ccc(Cl)cc3)nc12. The van der Waals surface area contributed by atoms with Gasteiger partial charge in [0.05, 0.1) is 22.3 Å². The summed E-state index contributed by atoms with van der Waals surface area (Å²) in [5.74, 6) is 0. The van der Waals surface area contributed by atoms with Crippen molar-refractivity contribution in [3.8, 4) is 39.3 Å². The van der Waals surface area contributed by atoms with Crippen LogP contribution in [-0.2, 0) is 0 Å². The summed E-state index contributed by atoms with van der Waals surface area (Å²) >= 11 is 12.4. The third-order valence-corrected chi connectivity index (χ3v) is 7.61. The van der Waals surface area contributed by atoms with Crippen molar-refractivity contribution in [2.45, 2.75) is 6.92 Å². The number of para-hydroxylation sites is 1. The summed E-state index contributed by atoms with van der Waals surface area (Å²) in [7, 11) is 0. The first-order valence-electron chi connectivity index (χ1n) is 13.0. The smallest absolute Gasteiger partial charge is 0.346 e. The van der Waals surface area contributed by atoms with E-state index in [0.717, 1.165) is 33.3 Å². The summed E-state index contributed by atoms with van der Waals surface area (Å²) in [5.41, 5.74) is 7.03. The van der Waals surface area contributed by atoms with Crippen molar-refractivity contribution in [2.75, 3.05) is 0 Å². The number of benzene rings is 4. The van der Waals surface area contributed by atoms with Gasteiger partial charge in [-0.1, -0.05) is 71.7 Å². The molecular formula is C34H21Cl2N3O2. The van der Waals surface area contributed by atoms with Crippen molar-refractivity contribution >= 4 is 45.1 Å². The van der Waals surface area contributed by atoms with Crippen LogP contribution in [0.25, 0.3) is 61.2 Å². The highest BCUT2D eigenvalue weighted by Crippen LogP contribution is 2.39. The van der Waals surface area contributed by atoms with E-state index < -0.39 is 5.63 Å². The zero-order chi connectivity index (χ0) is 28.1. The highest BCUT2D eigenvalue weighted by Gasteiger charge is 2.22. The minimum absolute atomic E-state index is 0.391. The van der Waals surface area contributed by atoms with Gasteiger partial charge in [-0.25, -0.2) is 14.5 Å². The van der Waals surface area contributed by atoms with Crippen molar-refractivity contribution in [1.82, 2.24) is 14.8 Å². The third-order valence-electron chi connectivity index (χ3n) is 7.10. The number of hydrogen-bond acceptors (Lipinski definition) is 4. The molecule has 0 unspecified atom stereocenters. The number of aryl methyl sites for hydroxylation is 1. The quantitative estimate of drug-likeness (QED) is 0.155. The van der Waals surface area contributed by atoms with E-state index in [9.17, 15) is 4.79 Å². The molecule has 0 bridgehead atoms. The molecule has 0 fully saturated rings. The lowest BCUT2D eigenvalue weighted by Gasteiger charge is -2.12. The van der Waals surface area contributed by atoms with E-state index in [-0.39, 0.29) is 0 Å². The predicted molar refractivity (Wildman–Crippen MR) is 166 cm³/mol. The maximum absolute atomic E-state index is 13.7. The molecule has 0 aliphatic carbocycles. The Morgan fingerprint density at radius 2 is 1.44 bits per heavy atom. The Hall–Kier alpha value is -4.71. The number of aromatic nitrogens is 3. The highest BCUT2D eigenvalue weighted by molar-refractivity contribution is 6.31. The van der Waals surface area contributed by atoms with Crippen LogP contribution in [0.4, 0.5) is 0 Å². The highest BCUT2D eigenvalue weighted by atomic mass is 35.5. The van der Waals surface area contributed by atoms with Gasteiger partial charge in [-0.05, 0) is 67.1 Å². The number of nitrogens with zero attached hydrogens (tertiary/aromatic N) is 3. The summed E-state index contributed by atoms with van der Waals surface area (Å²) < 4.78 is 7.69. The first-order chi connectivity index (χ1) is 19.9. The molecule has 7 heteroatoms. The van der Waals surface area contributed by atoms with Gasteiger partial charge in [0.25, 0.3) is 0 Å². The number of pyridine rings is 1. The lowest BCUT2D eigenvalue weighted by molar-refractivity contribution is 0.569. The van der Waals surface area contributed by atoms with Crippen LogP contribution < -0.4 is 5.63 Å². The molecule has 198 valence electrons. The Morgan fingerprint density at radius 1 is 0.756 bits per heavy atom. The van der Waals surface area contributed by atoms with E-state index in [4.69, 9.17) is 37.7 Å². The summed E-state index contributed by atoms with van der Waals surface area (Å²) in [6.07, 6.45) is 1.94. The number of rotatable bonds is 4. The van der Waals surface area contributed by atoms with Gasteiger partial charge < -0.3 is 4.42 Å². The average Bonchev–Trinajstić information content (AvgIpc) is 3.43. The van der Waals surface area contributed by atoms with Gasteiger partial charge in [0.15, 0.2) is 0 Å². The Bertz CT molecular complexity index is 2130. The van der Waals surface area contributed by atoms with Crippen LogP contribution in [-0.4, -0.2) is 14.8 Å². The van der Waals surface area contributed by atoms with Gasteiger partial charge in [-0.15, -0.1) is 0 Å². The van der Waals surface area contributed by atoms with E-state index in [1.54, 1.807) is 0 Å². The standard InChI is InChI=1S/C34H21Cl2N3O2/c1-20-7-16-26-30(17-20)41-34(40)31-27(18-29(37-33(26)31)21-8-12-23(35)13-9-21)28-19-39(25-5-3-2-4-6-25)38-32(28)22-10-14-24(36)15-11-22/h2-19H,1H3. The van der Waals surface area contributed by atoms with Gasteiger partial charge in [-0.3, -0.25) is 0 Å². The monoisotopic (exact) mass is 573 g/mol. The molecule has 0 radical (unpaired) electrons. The molecule has 0 saturated heterocycles. The van der Waals surface area contributed by atoms with Gasteiger partial charge in [0.1, 0.15) is 11.3 Å². The first kappa shape index (κ1) is 25.3. The molecule has 7 rings (SSSR count). The van der Waals surface area contributed by atoms with Crippen molar-refractivity contribution in [1.29, 1.82) is 0 Å². The van der Waals surface area contributed by atoms with Crippen LogP contribution in [0.15, 0.2) is 119 Å². The summed E-state index contributed by atoms with van der Waals surface area (Å²) in [6.45, 7) is 1.96. The van der Waals surface area contributed by atoms with Crippen LogP contribution in [0, 0.1) is 6.92 Å². The predicted octanol–water partition coefficient (Wildman–Crippen LogP) is 9.14. The van der Waals surface area contributed by atoms with E-state index >= 15 is 0 Å². The summed E-state index contributed by atoms with van der Waals surface area (Å²) in [5, 5.41) is 7.38. The van der Waals surface area contributed by atoms with Crippen molar-refractivity contribution < 1.29 is 4.42 Å². The van der Waals surface area contributed by atoms with Crippen molar-refractivity contribution in [3.63, 3.8) is 0 Å². The molecule has 5 nitrogen and oxygen atoms in total. The molecule has 3 heterocycles. The third kappa shape index (κ3) is 4.59. The van der Waals surface area contributed by atoms with Gasteiger partial charge in [0.2, 0.25) is 0 Å². The maximum atomic E-state index is 13.7. The fraction of sp³-hybridized carbons (Fsp3) is 0.0294. The topological polar surface area (TPSA) is 60.9 Å². The second-order valence-electron chi connectivity index (χ2n) is 9.85. The summed E-state index contributed by atoms with van der Waals surface area (Å²) in [4.78, 5) is 18.7. The zero-order valence-electron chi connectivity index (χ0n) is 21.8. The van der Waals surface area contributed by atoms with Crippen molar-refractivity contribution in [3.05, 3.63) is 135 Å².